The maximum absolute atomic E-state index is 12.8. The average Bonchev–Trinajstić information content (AvgIpc) is 3.13. The molecule has 2 fully saturated rings. The summed E-state index contributed by atoms with van der Waals surface area (Å²) in [6, 6.07) is 6.78. The second-order valence-corrected chi connectivity index (χ2v) is 9.29. The van der Waals surface area contributed by atoms with E-state index in [1.807, 2.05) is 4.90 Å². The van der Waals surface area contributed by atoms with Crippen LogP contribution in [0.4, 0.5) is 0 Å². The van der Waals surface area contributed by atoms with Gasteiger partial charge in [0, 0.05) is 58.3 Å². The van der Waals surface area contributed by atoms with Gasteiger partial charge in [-0.15, -0.1) is 0 Å². The molecule has 1 atom stereocenters. The number of hydrogen-bond acceptors (Lipinski definition) is 5. The molecule has 0 bridgehead atoms. The fourth-order valence-corrected chi connectivity index (χ4v) is 4.66. The highest BCUT2D eigenvalue weighted by Gasteiger charge is 2.34. The van der Waals surface area contributed by atoms with Crippen molar-refractivity contribution in [1.29, 1.82) is 0 Å². The summed E-state index contributed by atoms with van der Waals surface area (Å²) in [5.74, 6) is 1.31. The fourth-order valence-electron chi connectivity index (χ4n) is 4.66. The van der Waals surface area contributed by atoms with Crippen molar-refractivity contribution in [3.8, 4) is 5.75 Å². The van der Waals surface area contributed by atoms with E-state index in [-0.39, 0.29) is 17.4 Å². The van der Waals surface area contributed by atoms with Crippen LogP contribution < -0.4 is 10.5 Å². The fraction of sp³-hybridized carbons (Fsp3) is 0.682. The highest BCUT2D eigenvalue weighted by atomic mass is 16.5. The lowest BCUT2D eigenvalue weighted by molar-refractivity contribution is -0.135. The Morgan fingerprint density at radius 2 is 1.96 bits per heavy atom. The Labute approximate surface area is 168 Å². The zero-order valence-electron chi connectivity index (χ0n) is 17.3. The van der Waals surface area contributed by atoms with Crippen molar-refractivity contribution in [2.24, 2.45) is 11.1 Å². The Hall–Kier alpha value is -1.63. The van der Waals surface area contributed by atoms with Crippen molar-refractivity contribution in [2.75, 3.05) is 52.4 Å². The van der Waals surface area contributed by atoms with E-state index < -0.39 is 0 Å². The smallest absolute Gasteiger partial charge is 0.236 e. The molecule has 0 aromatic heterocycles. The molecule has 3 aliphatic rings. The summed E-state index contributed by atoms with van der Waals surface area (Å²) in [6.07, 6.45) is 1.99. The third kappa shape index (κ3) is 4.34. The van der Waals surface area contributed by atoms with Crippen LogP contribution in [-0.4, -0.2) is 79.1 Å². The zero-order chi connectivity index (χ0) is 19.7. The number of fused-ring (bicyclic) bond motifs is 1. The molecule has 0 spiro atoms. The van der Waals surface area contributed by atoms with Crippen molar-refractivity contribution < 1.29 is 9.53 Å². The van der Waals surface area contributed by atoms with Gasteiger partial charge in [0.25, 0.3) is 0 Å². The number of hydrogen-bond donors (Lipinski definition) is 1. The van der Waals surface area contributed by atoms with Gasteiger partial charge in [0.1, 0.15) is 5.75 Å². The SMILES string of the molecule is CC1(C)CN(CC(=O)N2CCN(Cc3ccc4c(c3)CCO4)CC2)CCC1N. The summed E-state index contributed by atoms with van der Waals surface area (Å²) in [5.41, 5.74) is 8.98. The Kier molecular flexibility index (Phi) is 5.63. The Morgan fingerprint density at radius 3 is 2.71 bits per heavy atom. The Balaban J connectivity index is 1.24. The summed E-state index contributed by atoms with van der Waals surface area (Å²) in [7, 11) is 0. The van der Waals surface area contributed by atoms with E-state index in [0.717, 1.165) is 71.0 Å². The minimum Gasteiger partial charge on any atom is -0.493 e. The van der Waals surface area contributed by atoms with Crippen LogP contribution in [0.25, 0.3) is 0 Å². The molecule has 154 valence electrons. The van der Waals surface area contributed by atoms with Crippen LogP contribution in [0, 0.1) is 5.41 Å². The number of amides is 1. The van der Waals surface area contributed by atoms with Gasteiger partial charge >= 0.3 is 0 Å². The molecule has 0 radical (unpaired) electrons. The van der Waals surface area contributed by atoms with Gasteiger partial charge in [0.2, 0.25) is 5.91 Å². The summed E-state index contributed by atoms with van der Waals surface area (Å²) < 4.78 is 5.60. The summed E-state index contributed by atoms with van der Waals surface area (Å²) >= 11 is 0. The van der Waals surface area contributed by atoms with E-state index >= 15 is 0 Å². The van der Waals surface area contributed by atoms with Crippen LogP contribution in [0.5, 0.6) is 5.75 Å². The predicted molar refractivity (Wildman–Crippen MR) is 110 cm³/mol. The van der Waals surface area contributed by atoms with Crippen LogP contribution in [-0.2, 0) is 17.8 Å². The molecule has 0 saturated carbocycles. The van der Waals surface area contributed by atoms with Crippen LogP contribution in [0.1, 0.15) is 31.4 Å². The first-order chi connectivity index (χ1) is 13.4. The molecular formula is C22H34N4O2. The second-order valence-electron chi connectivity index (χ2n) is 9.29. The number of likely N-dealkylation sites (tertiary alicyclic amines) is 1. The van der Waals surface area contributed by atoms with Crippen molar-refractivity contribution in [1.82, 2.24) is 14.7 Å². The standard InChI is InChI=1S/C22H34N4O2/c1-22(2)16-25(7-5-20(22)23)15-21(27)26-10-8-24(9-11-26)14-17-3-4-19-18(13-17)6-12-28-19/h3-4,13,20H,5-12,14-16,23H2,1-2H3. The maximum atomic E-state index is 12.8. The van der Waals surface area contributed by atoms with Crippen LogP contribution in [0.15, 0.2) is 18.2 Å². The molecule has 2 N–H and O–H groups in total. The van der Waals surface area contributed by atoms with Crippen LogP contribution in [0.3, 0.4) is 0 Å². The summed E-state index contributed by atoms with van der Waals surface area (Å²) in [4.78, 5) is 19.5. The molecular weight excluding hydrogens is 352 g/mol. The van der Waals surface area contributed by atoms with E-state index in [1.54, 1.807) is 0 Å². The quantitative estimate of drug-likeness (QED) is 0.846. The molecule has 1 aromatic rings. The van der Waals surface area contributed by atoms with Crippen molar-refractivity contribution in [3.63, 3.8) is 0 Å². The molecule has 3 aliphatic heterocycles. The van der Waals surface area contributed by atoms with Crippen LogP contribution >= 0.6 is 0 Å². The first kappa shape index (κ1) is 19.7. The number of carbonyl (C=O) groups excluding carboxylic acids is 1. The van der Waals surface area contributed by atoms with Gasteiger partial charge < -0.3 is 15.4 Å². The molecule has 6 nitrogen and oxygen atoms in total. The minimum absolute atomic E-state index is 0.0815. The molecule has 1 aromatic carbocycles. The van der Waals surface area contributed by atoms with E-state index in [1.165, 1.54) is 11.1 Å². The van der Waals surface area contributed by atoms with Gasteiger partial charge in [-0.05, 0) is 29.0 Å². The highest BCUT2D eigenvalue weighted by Crippen LogP contribution is 2.28. The molecule has 3 heterocycles. The first-order valence-corrected chi connectivity index (χ1v) is 10.6. The van der Waals surface area contributed by atoms with E-state index in [4.69, 9.17) is 10.5 Å². The average molecular weight is 387 g/mol. The number of rotatable bonds is 4. The number of carbonyl (C=O) groups is 1. The van der Waals surface area contributed by atoms with E-state index in [0.29, 0.717) is 6.54 Å². The second kappa shape index (κ2) is 8.01. The van der Waals surface area contributed by atoms with Crippen molar-refractivity contribution in [3.05, 3.63) is 29.3 Å². The molecule has 1 unspecified atom stereocenters. The molecule has 0 aliphatic carbocycles. The van der Waals surface area contributed by atoms with Gasteiger partial charge in [-0.25, -0.2) is 0 Å². The lowest BCUT2D eigenvalue weighted by atomic mass is 9.80. The molecule has 4 rings (SSSR count). The number of ether oxygens (including phenoxy) is 1. The van der Waals surface area contributed by atoms with Gasteiger partial charge in [-0.3, -0.25) is 14.6 Å². The van der Waals surface area contributed by atoms with Crippen LogP contribution in [0.2, 0.25) is 0 Å². The number of piperazine rings is 1. The lowest BCUT2D eigenvalue weighted by Gasteiger charge is -2.43. The van der Waals surface area contributed by atoms with E-state index in [2.05, 4.69) is 41.8 Å². The molecule has 28 heavy (non-hydrogen) atoms. The first-order valence-electron chi connectivity index (χ1n) is 10.6. The number of piperidine rings is 1. The summed E-state index contributed by atoms with van der Waals surface area (Å²) in [6.45, 7) is 12.1. The van der Waals surface area contributed by atoms with E-state index in [9.17, 15) is 4.79 Å². The maximum Gasteiger partial charge on any atom is 0.236 e. The van der Waals surface area contributed by atoms with Gasteiger partial charge in [-0.2, -0.15) is 0 Å². The van der Waals surface area contributed by atoms with Crippen molar-refractivity contribution in [2.45, 2.75) is 39.3 Å². The number of nitrogens with two attached hydrogens (primary N) is 1. The largest absolute Gasteiger partial charge is 0.493 e. The summed E-state index contributed by atoms with van der Waals surface area (Å²) in [5, 5.41) is 0. The normalized spacial score (nSPS) is 25.4. The van der Waals surface area contributed by atoms with Gasteiger partial charge in [0.05, 0.1) is 13.2 Å². The van der Waals surface area contributed by atoms with Gasteiger partial charge in [0.15, 0.2) is 0 Å². The minimum atomic E-state index is 0.0815. The Bertz CT molecular complexity index is 712. The molecule has 1 amide bonds. The molecule has 6 heteroatoms. The predicted octanol–water partition coefficient (Wildman–Crippen LogP) is 1.32. The Morgan fingerprint density at radius 1 is 1.18 bits per heavy atom. The number of benzene rings is 1. The highest BCUT2D eigenvalue weighted by molar-refractivity contribution is 5.78. The van der Waals surface area contributed by atoms with Gasteiger partial charge in [-0.1, -0.05) is 26.0 Å². The third-order valence-electron chi connectivity index (χ3n) is 6.64. The lowest BCUT2D eigenvalue weighted by Crippen LogP contribution is -2.56. The zero-order valence-corrected chi connectivity index (χ0v) is 17.3. The monoisotopic (exact) mass is 386 g/mol. The third-order valence-corrected chi connectivity index (χ3v) is 6.64. The van der Waals surface area contributed by atoms with Crippen molar-refractivity contribution >= 4 is 5.91 Å². The molecule has 2 saturated heterocycles. The number of nitrogens with zero attached hydrogens (tertiary/aromatic N) is 3. The topological polar surface area (TPSA) is 62.0 Å².